The third kappa shape index (κ3) is 5.54. The van der Waals surface area contributed by atoms with Crippen molar-refractivity contribution in [3.05, 3.63) is 29.3 Å². The van der Waals surface area contributed by atoms with Crippen LogP contribution in [0.15, 0.2) is 18.2 Å². The van der Waals surface area contributed by atoms with Gasteiger partial charge in [-0.1, -0.05) is 17.7 Å². The van der Waals surface area contributed by atoms with Crippen LogP contribution in [0.2, 0.25) is 0 Å². The minimum atomic E-state index is 0.180. The van der Waals surface area contributed by atoms with E-state index in [0.717, 1.165) is 18.7 Å². The SMILES string of the molecule is Cc1ccc(OC(C)CCNC(C)(C)C)c(C)c1. The van der Waals surface area contributed by atoms with E-state index in [1.54, 1.807) is 0 Å². The summed E-state index contributed by atoms with van der Waals surface area (Å²) in [5.41, 5.74) is 2.67. The zero-order valence-corrected chi connectivity index (χ0v) is 12.6. The van der Waals surface area contributed by atoms with Crippen LogP contribution in [0.3, 0.4) is 0 Å². The predicted molar refractivity (Wildman–Crippen MR) is 78.4 cm³/mol. The average molecular weight is 249 g/mol. The Hall–Kier alpha value is -1.02. The highest BCUT2D eigenvalue weighted by Gasteiger charge is 2.10. The van der Waals surface area contributed by atoms with Crippen molar-refractivity contribution in [1.29, 1.82) is 0 Å². The van der Waals surface area contributed by atoms with Crippen LogP contribution in [0.1, 0.15) is 45.2 Å². The highest BCUT2D eigenvalue weighted by atomic mass is 16.5. The summed E-state index contributed by atoms with van der Waals surface area (Å²) in [5.74, 6) is 1.00. The van der Waals surface area contributed by atoms with E-state index < -0.39 is 0 Å². The van der Waals surface area contributed by atoms with E-state index >= 15 is 0 Å². The van der Waals surface area contributed by atoms with Crippen LogP contribution in [0.5, 0.6) is 5.75 Å². The van der Waals surface area contributed by atoms with Crippen LogP contribution >= 0.6 is 0 Å². The zero-order valence-electron chi connectivity index (χ0n) is 12.6. The van der Waals surface area contributed by atoms with E-state index in [-0.39, 0.29) is 11.6 Å². The number of aryl methyl sites for hydroxylation is 2. The quantitative estimate of drug-likeness (QED) is 0.856. The number of hydrogen-bond donors (Lipinski definition) is 1. The molecular weight excluding hydrogens is 222 g/mol. The molecule has 102 valence electrons. The maximum absolute atomic E-state index is 5.97. The van der Waals surface area contributed by atoms with Gasteiger partial charge in [0.25, 0.3) is 0 Å². The van der Waals surface area contributed by atoms with E-state index in [4.69, 9.17) is 4.74 Å². The summed E-state index contributed by atoms with van der Waals surface area (Å²) in [6.07, 6.45) is 1.26. The normalized spacial score (nSPS) is 13.4. The first kappa shape index (κ1) is 15.0. The molecule has 2 nitrogen and oxygen atoms in total. The van der Waals surface area contributed by atoms with Gasteiger partial charge >= 0.3 is 0 Å². The largest absolute Gasteiger partial charge is 0.490 e. The molecule has 0 amide bonds. The van der Waals surface area contributed by atoms with Gasteiger partial charge in [-0.05, 0) is 66.1 Å². The van der Waals surface area contributed by atoms with Crippen molar-refractivity contribution >= 4 is 0 Å². The number of rotatable bonds is 5. The fourth-order valence-corrected chi connectivity index (χ4v) is 1.86. The molecule has 0 aliphatic heterocycles. The van der Waals surface area contributed by atoms with Gasteiger partial charge in [0.15, 0.2) is 0 Å². The second kappa shape index (κ2) is 6.24. The molecule has 0 radical (unpaired) electrons. The van der Waals surface area contributed by atoms with E-state index in [2.05, 4.69) is 65.1 Å². The maximum Gasteiger partial charge on any atom is 0.122 e. The van der Waals surface area contributed by atoms with Gasteiger partial charge < -0.3 is 10.1 Å². The Morgan fingerprint density at radius 1 is 1.22 bits per heavy atom. The molecule has 0 aliphatic carbocycles. The molecule has 0 saturated carbocycles. The summed E-state index contributed by atoms with van der Waals surface area (Å²) >= 11 is 0. The Balaban J connectivity index is 2.42. The predicted octanol–water partition coefficient (Wildman–Crippen LogP) is 3.85. The highest BCUT2D eigenvalue weighted by molar-refractivity contribution is 5.35. The first-order chi connectivity index (χ1) is 8.28. The smallest absolute Gasteiger partial charge is 0.122 e. The summed E-state index contributed by atoms with van der Waals surface area (Å²) in [6, 6.07) is 6.33. The second-order valence-electron chi connectivity index (χ2n) is 6.16. The van der Waals surface area contributed by atoms with Crippen molar-refractivity contribution < 1.29 is 4.74 Å². The lowest BCUT2D eigenvalue weighted by Gasteiger charge is -2.22. The second-order valence-corrected chi connectivity index (χ2v) is 6.16. The molecule has 1 aromatic carbocycles. The molecule has 2 heteroatoms. The van der Waals surface area contributed by atoms with Gasteiger partial charge in [0.05, 0.1) is 6.10 Å². The van der Waals surface area contributed by atoms with Crippen LogP contribution in [-0.4, -0.2) is 18.2 Å². The Kier molecular flexibility index (Phi) is 5.21. The fourth-order valence-electron chi connectivity index (χ4n) is 1.86. The van der Waals surface area contributed by atoms with Crippen LogP contribution in [0.25, 0.3) is 0 Å². The Morgan fingerprint density at radius 2 is 1.89 bits per heavy atom. The topological polar surface area (TPSA) is 21.3 Å². The first-order valence-corrected chi connectivity index (χ1v) is 6.77. The van der Waals surface area contributed by atoms with Gasteiger partial charge in [0.1, 0.15) is 5.75 Å². The maximum atomic E-state index is 5.97. The first-order valence-electron chi connectivity index (χ1n) is 6.77. The standard InChI is InChI=1S/C16H27NO/c1-12-7-8-15(13(2)11-12)18-14(3)9-10-17-16(4,5)6/h7-8,11,14,17H,9-10H2,1-6H3. The molecule has 0 aliphatic rings. The Labute approximate surface area is 112 Å². The summed E-state index contributed by atoms with van der Waals surface area (Å²) < 4.78 is 5.97. The van der Waals surface area contributed by atoms with Crippen molar-refractivity contribution in [2.24, 2.45) is 0 Å². The number of hydrogen-bond acceptors (Lipinski definition) is 2. The monoisotopic (exact) mass is 249 g/mol. The van der Waals surface area contributed by atoms with Gasteiger partial charge in [-0.2, -0.15) is 0 Å². The molecule has 0 bridgehead atoms. The van der Waals surface area contributed by atoms with Crippen molar-refractivity contribution in [2.75, 3.05) is 6.54 Å². The molecule has 1 aromatic rings. The number of ether oxygens (including phenoxy) is 1. The van der Waals surface area contributed by atoms with Crippen LogP contribution in [-0.2, 0) is 0 Å². The van der Waals surface area contributed by atoms with Gasteiger partial charge in [-0.25, -0.2) is 0 Å². The third-order valence-corrected chi connectivity index (χ3v) is 2.86. The van der Waals surface area contributed by atoms with Crippen molar-refractivity contribution in [3.63, 3.8) is 0 Å². The van der Waals surface area contributed by atoms with Crippen LogP contribution < -0.4 is 10.1 Å². The molecule has 1 unspecified atom stereocenters. The summed E-state index contributed by atoms with van der Waals surface area (Å²) in [6.45, 7) is 13.9. The molecule has 1 N–H and O–H groups in total. The Bertz CT molecular complexity index is 379. The molecular formula is C16H27NO. The van der Waals surface area contributed by atoms with Crippen molar-refractivity contribution in [3.8, 4) is 5.75 Å². The minimum absolute atomic E-state index is 0.180. The van der Waals surface area contributed by atoms with Gasteiger partial charge in [0.2, 0.25) is 0 Å². The van der Waals surface area contributed by atoms with Gasteiger partial charge in [0, 0.05) is 5.54 Å². The lowest BCUT2D eigenvalue weighted by molar-refractivity contribution is 0.204. The highest BCUT2D eigenvalue weighted by Crippen LogP contribution is 2.20. The van der Waals surface area contributed by atoms with E-state index in [1.165, 1.54) is 11.1 Å². The Morgan fingerprint density at radius 3 is 2.44 bits per heavy atom. The summed E-state index contributed by atoms with van der Waals surface area (Å²) in [7, 11) is 0. The lowest BCUT2D eigenvalue weighted by Crippen LogP contribution is -2.37. The van der Waals surface area contributed by atoms with Crippen molar-refractivity contribution in [2.45, 2.75) is 59.6 Å². The van der Waals surface area contributed by atoms with E-state index in [9.17, 15) is 0 Å². The molecule has 0 heterocycles. The fraction of sp³-hybridized carbons (Fsp3) is 0.625. The van der Waals surface area contributed by atoms with E-state index in [0.29, 0.717) is 0 Å². The van der Waals surface area contributed by atoms with Gasteiger partial charge in [-0.3, -0.25) is 0 Å². The zero-order chi connectivity index (χ0) is 13.8. The number of nitrogens with one attached hydrogen (secondary N) is 1. The third-order valence-electron chi connectivity index (χ3n) is 2.86. The molecule has 1 atom stereocenters. The minimum Gasteiger partial charge on any atom is -0.490 e. The van der Waals surface area contributed by atoms with Gasteiger partial charge in [-0.15, -0.1) is 0 Å². The lowest BCUT2D eigenvalue weighted by atomic mass is 10.1. The number of benzene rings is 1. The molecule has 0 spiro atoms. The van der Waals surface area contributed by atoms with Crippen molar-refractivity contribution in [1.82, 2.24) is 5.32 Å². The van der Waals surface area contributed by atoms with Crippen LogP contribution in [0.4, 0.5) is 0 Å². The molecule has 0 saturated heterocycles. The van der Waals surface area contributed by atoms with E-state index in [1.807, 2.05) is 0 Å². The molecule has 1 rings (SSSR count). The molecule has 0 fully saturated rings. The van der Waals surface area contributed by atoms with Crippen LogP contribution in [0, 0.1) is 13.8 Å². The summed E-state index contributed by atoms with van der Waals surface area (Å²) in [4.78, 5) is 0. The molecule has 18 heavy (non-hydrogen) atoms. The summed E-state index contributed by atoms with van der Waals surface area (Å²) in [5, 5.41) is 3.48. The average Bonchev–Trinajstić information content (AvgIpc) is 2.20. The molecule has 0 aromatic heterocycles.